The summed E-state index contributed by atoms with van der Waals surface area (Å²) in [6.45, 7) is 0.394. The minimum atomic E-state index is -0.190. The summed E-state index contributed by atoms with van der Waals surface area (Å²) in [4.78, 5) is 11.7. The molecule has 1 N–H and O–H groups in total. The molecule has 0 radical (unpaired) electrons. The number of carbonyl (C=O) groups excluding carboxylic acids is 1. The van der Waals surface area contributed by atoms with Gasteiger partial charge in [0.15, 0.2) is 0 Å². The highest BCUT2D eigenvalue weighted by Gasteiger charge is 2.01. The molecule has 0 bridgehead atoms. The van der Waals surface area contributed by atoms with Crippen LogP contribution in [0.4, 0.5) is 0 Å². The smallest absolute Gasteiger partial charge is 0.244 e. The first-order chi connectivity index (χ1) is 9.66. The molecule has 0 saturated heterocycles. The van der Waals surface area contributed by atoms with E-state index in [1.165, 1.54) is 6.08 Å². The van der Waals surface area contributed by atoms with Crippen molar-refractivity contribution in [1.82, 2.24) is 5.32 Å². The molecule has 0 fully saturated rings. The summed E-state index contributed by atoms with van der Waals surface area (Å²) in [5.74, 6) is -0.190. The second kappa shape index (κ2) is 7.13. The van der Waals surface area contributed by atoms with Gasteiger partial charge in [0.1, 0.15) is 0 Å². The predicted octanol–water partition coefficient (Wildman–Crippen LogP) is 4.32. The Labute approximate surface area is 128 Å². The van der Waals surface area contributed by atoms with E-state index in [1.807, 2.05) is 36.4 Å². The van der Waals surface area contributed by atoms with Gasteiger partial charge < -0.3 is 5.32 Å². The molecule has 0 aliphatic rings. The van der Waals surface area contributed by atoms with E-state index < -0.39 is 0 Å². The molecule has 0 aliphatic heterocycles. The van der Waals surface area contributed by atoms with Gasteiger partial charge in [0.2, 0.25) is 5.91 Å². The van der Waals surface area contributed by atoms with E-state index in [9.17, 15) is 4.79 Å². The molecule has 2 aromatic carbocycles. The van der Waals surface area contributed by atoms with Crippen molar-refractivity contribution in [3.8, 4) is 0 Å². The third-order valence-corrected chi connectivity index (χ3v) is 3.44. The van der Waals surface area contributed by atoms with Crippen LogP contribution in [-0.2, 0) is 11.3 Å². The molecule has 0 saturated carbocycles. The van der Waals surface area contributed by atoms with Crippen LogP contribution < -0.4 is 5.32 Å². The number of rotatable bonds is 4. The van der Waals surface area contributed by atoms with Crippen LogP contribution in [0.5, 0.6) is 0 Å². The van der Waals surface area contributed by atoms with Crippen LogP contribution >= 0.6 is 23.2 Å². The number of hydrogen-bond acceptors (Lipinski definition) is 1. The van der Waals surface area contributed by atoms with Gasteiger partial charge in [-0.25, -0.2) is 0 Å². The van der Waals surface area contributed by atoms with E-state index in [-0.39, 0.29) is 5.91 Å². The summed E-state index contributed by atoms with van der Waals surface area (Å²) >= 11 is 12.0. The molecule has 0 unspecified atom stereocenters. The van der Waals surface area contributed by atoms with E-state index in [1.54, 1.807) is 18.2 Å². The Bertz CT molecular complexity index is 638. The highest BCUT2D eigenvalue weighted by molar-refractivity contribution is 6.32. The third kappa shape index (κ3) is 4.12. The summed E-state index contributed by atoms with van der Waals surface area (Å²) in [7, 11) is 0. The van der Waals surface area contributed by atoms with Crippen molar-refractivity contribution in [1.29, 1.82) is 0 Å². The Morgan fingerprint density at radius 3 is 2.35 bits per heavy atom. The van der Waals surface area contributed by atoms with E-state index in [0.29, 0.717) is 16.6 Å². The number of amides is 1. The topological polar surface area (TPSA) is 29.1 Å². The molecule has 0 heterocycles. The zero-order valence-electron chi connectivity index (χ0n) is 10.6. The number of carbonyl (C=O) groups is 1. The van der Waals surface area contributed by atoms with Crippen molar-refractivity contribution in [3.63, 3.8) is 0 Å². The van der Waals surface area contributed by atoms with Crippen molar-refractivity contribution >= 4 is 35.2 Å². The highest BCUT2D eigenvalue weighted by Crippen LogP contribution is 2.16. The van der Waals surface area contributed by atoms with E-state index in [2.05, 4.69) is 5.32 Å². The molecule has 0 aromatic heterocycles. The van der Waals surface area contributed by atoms with Gasteiger partial charge in [-0.15, -0.1) is 0 Å². The van der Waals surface area contributed by atoms with Gasteiger partial charge in [0, 0.05) is 22.7 Å². The molecule has 4 heteroatoms. The zero-order chi connectivity index (χ0) is 14.4. The molecule has 2 nitrogen and oxygen atoms in total. The zero-order valence-corrected chi connectivity index (χ0v) is 12.2. The first-order valence-corrected chi connectivity index (χ1v) is 6.86. The summed E-state index contributed by atoms with van der Waals surface area (Å²) in [6, 6.07) is 14.7. The van der Waals surface area contributed by atoms with E-state index in [4.69, 9.17) is 23.2 Å². The quantitative estimate of drug-likeness (QED) is 0.837. The summed E-state index contributed by atoms with van der Waals surface area (Å²) in [5.41, 5.74) is 1.69. The Balaban J connectivity index is 1.93. The van der Waals surface area contributed by atoms with Crippen molar-refractivity contribution in [2.75, 3.05) is 0 Å². The lowest BCUT2D eigenvalue weighted by atomic mass is 10.2. The first kappa shape index (κ1) is 14.6. The lowest BCUT2D eigenvalue weighted by Crippen LogP contribution is -2.20. The first-order valence-electron chi connectivity index (χ1n) is 6.10. The largest absolute Gasteiger partial charge is 0.348 e. The minimum absolute atomic E-state index is 0.190. The fourth-order valence-corrected chi connectivity index (χ4v) is 2.06. The number of nitrogens with one attached hydrogen (secondary N) is 1. The standard InChI is InChI=1S/C16H13Cl2NO/c17-14-7-3-1-5-12(14)9-10-16(20)19-11-13-6-2-4-8-15(13)18/h1-10H,11H2,(H,19,20)/b10-9+. The molecule has 0 aliphatic carbocycles. The minimum Gasteiger partial charge on any atom is -0.348 e. The monoisotopic (exact) mass is 305 g/mol. The summed E-state index contributed by atoms with van der Waals surface area (Å²) < 4.78 is 0. The molecule has 2 aromatic rings. The van der Waals surface area contributed by atoms with Crippen molar-refractivity contribution in [3.05, 3.63) is 75.8 Å². The highest BCUT2D eigenvalue weighted by atomic mass is 35.5. The van der Waals surface area contributed by atoms with Crippen molar-refractivity contribution in [2.24, 2.45) is 0 Å². The van der Waals surface area contributed by atoms with Gasteiger partial charge in [-0.3, -0.25) is 4.79 Å². The van der Waals surface area contributed by atoms with E-state index in [0.717, 1.165) is 11.1 Å². The van der Waals surface area contributed by atoms with Crippen LogP contribution in [0.25, 0.3) is 6.08 Å². The molecule has 102 valence electrons. The maximum absolute atomic E-state index is 11.7. The Morgan fingerprint density at radius 2 is 1.65 bits per heavy atom. The average Bonchev–Trinajstić information content (AvgIpc) is 2.45. The second-order valence-corrected chi connectivity index (χ2v) is 4.98. The van der Waals surface area contributed by atoms with Gasteiger partial charge >= 0.3 is 0 Å². The maximum atomic E-state index is 11.7. The maximum Gasteiger partial charge on any atom is 0.244 e. The number of hydrogen-bond donors (Lipinski definition) is 1. The fraction of sp³-hybridized carbons (Fsp3) is 0.0625. The lowest BCUT2D eigenvalue weighted by Gasteiger charge is -2.04. The van der Waals surface area contributed by atoms with Crippen LogP contribution in [0, 0.1) is 0 Å². The van der Waals surface area contributed by atoms with Crippen LogP contribution in [-0.4, -0.2) is 5.91 Å². The van der Waals surface area contributed by atoms with Crippen LogP contribution in [0.15, 0.2) is 54.6 Å². The van der Waals surface area contributed by atoms with Crippen LogP contribution in [0.2, 0.25) is 10.0 Å². The molecule has 2 rings (SSSR count). The lowest BCUT2D eigenvalue weighted by molar-refractivity contribution is -0.116. The van der Waals surface area contributed by atoms with Gasteiger partial charge in [-0.05, 0) is 29.3 Å². The molecular formula is C16H13Cl2NO. The van der Waals surface area contributed by atoms with Gasteiger partial charge in [-0.2, -0.15) is 0 Å². The van der Waals surface area contributed by atoms with Crippen LogP contribution in [0.3, 0.4) is 0 Å². The molecule has 1 amide bonds. The van der Waals surface area contributed by atoms with Gasteiger partial charge in [-0.1, -0.05) is 59.6 Å². The second-order valence-electron chi connectivity index (χ2n) is 4.16. The molecule has 20 heavy (non-hydrogen) atoms. The normalized spacial score (nSPS) is 10.7. The predicted molar refractivity (Wildman–Crippen MR) is 83.8 cm³/mol. The fourth-order valence-electron chi connectivity index (χ4n) is 1.66. The Kier molecular flexibility index (Phi) is 5.22. The van der Waals surface area contributed by atoms with Crippen LogP contribution in [0.1, 0.15) is 11.1 Å². The molecule has 0 atom stereocenters. The number of halogens is 2. The Hall–Kier alpha value is -1.77. The SMILES string of the molecule is O=C(/C=C/c1ccccc1Cl)NCc1ccccc1Cl. The van der Waals surface area contributed by atoms with E-state index >= 15 is 0 Å². The average molecular weight is 306 g/mol. The van der Waals surface area contributed by atoms with Crippen molar-refractivity contribution in [2.45, 2.75) is 6.54 Å². The third-order valence-electron chi connectivity index (χ3n) is 2.73. The number of benzene rings is 2. The van der Waals surface area contributed by atoms with Gasteiger partial charge in [0.05, 0.1) is 0 Å². The Morgan fingerprint density at radius 1 is 1.00 bits per heavy atom. The van der Waals surface area contributed by atoms with Crippen molar-refractivity contribution < 1.29 is 4.79 Å². The molecular weight excluding hydrogens is 293 g/mol. The van der Waals surface area contributed by atoms with Gasteiger partial charge in [0.25, 0.3) is 0 Å². The summed E-state index contributed by atoms with van der Waals surface area (Å²) in [5, 5.41) is 4.03. The summed E-state index contributed by atoms with van der Waals surface area (Å²) in [6.07, 6.45) is 3.14. The molecule has 0 spiro atoms.